The summed E-state index contributed by atoms with van der Waals surface area (Å²) in [5.74, 6) is 0.177. The molecule has 1 aromatic rings. The summed E-state index contributed by atoms with van der Waals surface area (Å²) in [5.41, 5.74) is 6.83. The van der Waals surface area contributed by atoms with Crippen LogP contribution in [-0.2, 0) is 0 Å². The minimum absolute atomic E-state index is 0.177. The summed E-state index contributed by atoms with van der Waals surface area (Å²) >= 11 is 0. The van der Waals surface area contributed by atoms with E-state index in [1.165, 1.54) is 12.1 Å². The summed E-state index contributed by atoms with van der Waals surface area (Å²) in [6.07, 6.45) is 4.27. The molecular weight excluding hydrogens is 238 g/mol. The maximum absolute atomic E-state index is 12.0. The smallest absolute Gasteiger partial charge is 0.387 e. The van der Waals surface area contributed by atoms with E-state index in [0.29, 0.717) is 6.04 Å². The maximum Gasteiger partial charge on any atom is 0.387 e. The third-order valence-corrected chi connectivity index (χ3v) is 3.17. The number of nitrogens with one attached hydrogen (secondary N) is 1. The quantitative estimate of drug-likeness (QED) is 0.870. The first-order valence-corrected chi connectivity index (χ1v) is 6.20. The van der Waals surface area contributed by atoms with E-state index in [9.17, 15) is 8.78 Å². The van der Waals surface area contributed by atoms with Crippen LogP contribution in [0.4, 0.5) is 14.5 Å². The Morgan fingerprint density at radius 1 is 1.22 bits per heavy atom. The molecule has 0 bridgehead atoms. The van der Waals surface area contributed by atoms with Gasteiger partial charge in [-0.15, -0.1) is 0 Å². The van der Waals surface area contributed by atoms with Crippen LogP contribution < -0.4 is 15.8 Å². The number of ether oxygens (including phenoxy) is 1. The molecule has 0 aromatic heterocycles. The summed E-state index contributed by atoms with van der Waals surface area (Å²) in [6.45, 7) is -2.78. The van der Waals surface area contributed by atoms with Crippen LogP contribution in [0.15, 0.2) is 24.3 Å². The zero-order valence-corrected chi connectivity index (χ0v) is 10.1. The van der Waals surface area contributed by atoms with Crippen LogP contribution in [0.1, 0.15) is 25.7 Å². The molecule has 2 atom stereocenters. The van der Waals surface area contributed by atoms with Crippen LogP contribution in [0.25, 0.3) is 0 Å². The molecule has 18 heavy (non-hydrogen) atoms. The summed E-state index contributed by atoms with van der Waals surface area (Å²) in [5, 5.41) is 3.37. The molecule has 1 aliphatic rings. The minimum Gasteiger partial charge on any atom is -0.435 e. The number of halogens is 2. The fourth-order valence-electron chi connectivity index (χ4n) is 2.33. The van der Waals surface area contributed by atoms with Gasteiger partial charge in [-0.2, -0.15) is 8.78 Å². The van der Waals surface area contributed by atoms with Gasteiger partial charge in [0.05, 0.1) is 0 Å². The van der Waals surface area contributed by atoms with Crippen molar-refractivity contribution >= 4 is 5.69 Å². The lowest BCUT2D eigenvalue weighted by Gasteiger charge is -2.28. The van der Waals surface area contributed by atoms with Crippen molar-refractivity contribution in [1.82, 2.24) is 0 Å². The van der Waals surface area contributed by atoms with Crippen molar-refractivity contribution in [2.45, 2.75) is 44.4 Å². The summed E-state index contributed by atoms with van der Waals surface area (Å²) in [7, 11) is 0. The van der Waals surface area contributed by atoms with Crippen LogP contribution in [0.5, 0.6) is 5.75 Å². The molecule has 100 valence electrons. The van der Waals surface area contributed by atoms with Gasteiger partial charge >= 0.3 is 6.61 Å². The molecule has 5 heteroatoms. The molecule has 3 N–H and O–H groups in total. The second-order valence-corrected chi connectivity index (χ2v) is 4.67. The van der Waals surface area contributed by atoms with Crippen molar-refractivity contribution in [3.63, 3.8) is 0 Å². The van der Waals surface area contributed by atoms with Crippen LogP contribution in [0, 0.1) is 0 Å². The number of hydrogen-bond acceptors (Lipinski definition) is 3. The standard InChI is InChI=1S/C13H18F2N2O/c14-13(15)18-12-6-4-10(5-7-12)17-11-3-1-2-9(16)8-11/h4-7,9,11,13,17H,1-3,8,16H2. The van der Waals surface area contributed by atoms with Crippen molar-refractivity contribution in [2.75, 3.05) is 5.32 Å². The lowest BCUT2D eigenvalue weighted by atomic mass is 9.91. The highest BCUT2D eigenvalue weighted by atomic mass is 19.3. The van der Waals surface area contributed by atoms with Crippen molar-refractivity contribution in [1.29, 1.82) is 0 Å². The Morgan fingerprint density at radius 2 is 1.94 bits per heavy atom. The molecule has 1 aromatic carbocycles. The van der Waals surface area contributed by atoms with E-state index in [1.54, 1.807) is 12.1 Å². The Labute approximate surface area is 105 Å². The van der Waals surface area contributed by atoms with E-state index in [2.05, 4.69) is 10.1 Å². The summed E-state index contributed by atoms with van der Waals surface area (Å²) < 4.78 is 28.3. The SMILES string of the molecule is NC1CCCC(Nc2ccc(OC(F)F)cc2)C1. The average Bonchev–Trinajstić information content (AvgIpc) is 2.31. The first-order valence-electron chi connectivity index (χ1n) is 6.20. The highest BCUT2D eigenvalue weighted by Gasteiger charge is 2.18. The third-order valence-electron chi connectivity index (χ3n) is 3.17. The van der Waals surface area contributed by atoms with Gasteiger partial charge < -0.3 is 15.8 Å². The fourth-order valence-corrected chi connectivity index (χ4v) is 2.33. The van der Waals surface area contributed by atoms with Gasteiger partial charge in [0.25, 0.3) is 0 Å². The van der Waals surface area contributed by atoms with E-state index in [1.807, 2.05) is 0 Å². The first kappa shape index (κ1) is 13.1. The largest absolute Gasteiger partial charge is 0.435 e. The molecule has 3 nitrogen and oxygen atoms in total. The molecule has 2 unspecified atom stereocenters. The molecule has 2 rings (SSSR count). The molecule has 1 fully saturated rings. The number of benzene rings is 1. The van der Waals surface area contributed by atoms with Gasteiger partial charge in [0.15, 0.2) is 0 Å². The number of hydrogen-bond donors (Lipinski definition) is 2. The van der Waals surface area contributed by atoms with Gasteiger partial charge in [-0.05, 0) is 49.9 Å². The van der Waals surface area contributed by atoms with Gasteiger partial charge in [-0.25, -0.2) is 0 Å². The molecule has 0 amide bonds. The lowest BCUT2D eigenvalue weighted by molar-refractivity contribution is -0.0498. The van der Waals surface area contributed by atoms with Gasteiger partial charge in [0.2, 0.25) is 0 Å². The molecule has 0 spiro atoms. The molecule has 0 saturated heterocycles. The van der Waals surface area contributed by atoms with Crippen LogP contribution in [-0.4, -0.2) is 18.7 Å². The normalized spacial score (nSPS) is 24.0. The first-order chi connectivity index (χ1) is 8.63. The molecule has 1 saturated carbocycles. The van der Waals surface area contributed by atoms with Gasteiger partial charge in [-0.3, -0.25) is 0 Å². The van der Waals surface area contributed by atoms with E-state index in [4.69, 9.17) is 5.73 Å². The van der Waals surface area contributed by atoms with E-state index < -0.39 is 6.61 Å². The number of rotatable bonds is 4. The van der Waals surface area contributed by atoms with Crippen LogP contribution in [0.2, 0.25) is 0 Å². The lowest BCUT2D eigenvalue weighted by Crippen LogP contribution is -2.34. The summed E-state index contributed by atoms with van der Waals surface area (Å²) in [6, 6.07) is 7.21. The molecule has 0 radical (unpaired) electrons. The summed E-state index contributed by atoms with van der Waals surface area (Å²) in [4.78, 5) is 0. The highest BCUT2D eigenvalue weighted by Crippen LogP contribution is 2.23. The number of nitrogens with two attached hydrogens (primary N) is 1. The second-order valence-electron chi connectivity index (χ2n) is 4.67. The Kier molecular flexibility index (Phi) is 4.36. The molecular formula is C13H18F2N2O. The Morgan fingerprint density at radius 3 is 2.56 bits per heavy atom. The fraction of sp³-hybridized carbons (Fsp3) is 0.538. The van der Waals surface area contributed by atoms with E-state index >= 15 is 0 Å². The maximum atomic E-state index is 12.0. The Balaban J connectivity index is 1.89. The second kappa shape index (κ2) is 6.00. The van der Waals surface area contributed by atoms with E-state index in [0.717, 1.165) is 31.4 Å². The zero-order chi connectivity index (χ0) is 13.0. The third kappa shape index (κ3) is 3.84. The van der Waals surface area contributed by atoms with Gasteiger partial charge in [0.1, 0.15) is 5.75 Å². The number of anilines is 1. The highest BCUT2D eigenvalue weighted by molar-refractivity contribution is 5.47. The molecule has 0 aliphatic heterocycles. The average molecular weight is 256 g/mol. The Bertz CT molecular complexity index is 370. The predicted molar refractivity (Wildman–Crippen MR) is 66.9 cm³/mol. The van der Waals surface area contributed by atoms with Crippen molar-refractivity contribution in [3.05, 3.63) is 24.3 Å². The van der Waals surface area contributed by atoms with Crippen molar-refractivity contribution in [2.24, 2.45) is 5.73 Å². The zero-order valence-electron chi connectivity index (χ0n) is 10.1. The van der Waals surface area contributed by atoms with Crippen LogP contribution in [0.3, 0.4) is 0 Å². The van der Waals surface area contributed by atoms with Crippen molar-refractivity contribution < 1.29 is 13.5 Å². The van der Waals surface area contributed by atoms with E-state index in [-0.39, 0.29) is 11.8 Å². The Hall–Kier alpha value is -1.36. The van der Waals surface area contributed by atoms with Crippen molar-refractivity contribution in [3.8, 4) is 5.75 Å². The van der Waals surface area contributed by atoms with Gasteiger partial charge in [0, 0.05) is 17.8 Å². The van der Waals surface area contributed by atoms with Gasteiger partial charge in [-0.1, -0.05) is 0 Å². The predicted octanol–water partition coefficient (Wildman–Crippen LogP) is 2.97. The molecule has 1 aliphatic carbocycles. The number of alkyl halides is 2. The minimum atomic E-state index is -2.78. The molecule has 0 heterocycles. The van der Waals surface area contributed by atoms with Crippen LogP contribution >= 0.6 is 0 Å². The topological polar surface area (TPSA) is 47.3 Å². The monoisotopic (exact) mass is 256 g/mol.